The molecule has 0 unspecified atom stereocenters. The number of hydrogen-bond donors (Lipinski definition) is 1. The second kappa shape index (κ2) is 9.37. The maximum atomic E-state index is 10.5. The molecule has 0 saturated heterocycles. The highest BCUT2D eigenvalue weighted by atomic mass is 16.5. The number of allylic oxidation sites excluding steroid dienone is 4. The first-order valence-electron chi connectivity index (χ1n) is 6.70. The summed E-state index contributed by atoms with van der Waals surface area (Å²) in [6, 6.07) is 7.46. The van der Waals surface area contributed by atoms with Crippen molar-refractivity contribution < 1.29 is 14.6 Å². The number of carboxylic acid groups (broad SMARTS) is 1. The van der Waals surface area contributed by atoms with Gasteiger partial charge >= 0.3 is 5.97 Å². The van der Waals surface area contributed by atoms with Gasteiger partial charge in [0, 0.05) is 6.42 Å². The molecule has 3 nitrogen and oxygen atoms in total. The van der Waals surface area contributed by atoms with Gasteiger partial charge in [0.05, 0.1) is 0 Å². The summed E-state index contributed by atoms with van der Waals surface area (Å²) >= 11 is 0. The molecular weight excluding hydrogens is 264 g/mol. The summed E-state index contributed by atoms with van der Waals surface area (Å²) in [6.07, 6.45) is 9.71. The molecule has 1 N–H and O–H groups in total. The fraction of sp³-hybridized carbons (Fsp3) is 0.167. The van der Waals surface area contributed by atoms with E-state index in [9.17, 15) is 4.79 Å². The van der Waals surface area contributed by atoms with Crippen molar-refractivity contribution in [1.82, 2.24) is 0 Å². The molecular formula is C18H20O3. The standard InChI is InChI=1S/C18H20O3/c1-3-5-7-16(6-4-2)14-21-17-11-8-15(9-12-17)10-13-18(19)20/h3-9,11-12H,1-2,10,13-14H2,(H,19,20)/b7-5-,16-6+. The molecule has 0 aliphatic heterocycles. The Hall–Kier alpha value is -2.55. The minimum atomic E-state index is -0.788. The molecule has 0 heterocycles. The Morgan fingerprint density at radius 1 is 1.19 bits per heavy atom. The molecule has 0 amide bonds. The Kier molecular flexibility index (Phi) is 7.36. The topological polar surface area (TPSA) is 46.5 Å². The zero-order valence-corrected chi connectivity index (χ0v) is 12.0. The van der Waals surface area contributed by atoms with Crippen LogP contribution in [0.15, 0.2) is 73.4 Å². The van der Waals surface area contributed by atoms with Crippen molar-refractivity contribution in [3.05, 3.63) is 78.9 Å². The van der Waals surface area contributed by atoms with E-state index in [0.29, 0.717) is 13.0 Å². The van der Waals surface area contributed by atoms with Crippen LogP contribution >= 0.6 is 0 Å². The normalized spacial score (nSPS) is 11.3. The molecule has 0 spiro atoms. The van der Waals surface area contributed by atoms with E-state index in [1.807, 2.05) is 42.5 Å². The Balaban J connectivity index is 2.56. The lowest BCUT2D eigenvalue weighted by atomic mass is 10.1. The van der Waals surface area contributed by atoms with Crippen LogP contribution in [0, 0.1) is 0 Å². The lowest BCUT2D eigenvalue weighted by molar-refractivity contribution is -0.136. The summed E-state index contributed by atoms with van der Waals surface area (Å²) in [7, 11) is 0. The summed E-state index contributed by atoms with van der Waals surface area (Å²) in [6.45, 7) is 7.73. The monoisotopic (exact) mass is 284 g/mol. The van der Waals surface area contributed by atoms with Crippen molar-refractivity contribution >= 4 is 5.97 Å². The lowest BCUT2D eigenvalue weighted by Gasteiger charge is -2.07. The highest BCUT2D eigenvalue weighted by molar-refractivity contribution is 5.67. The summed E-state index contributed by atoms with van der Waals surface area (Å²) in [5, 5.41) is 8.64. The van der Waals surface area contributed by atoms with Crippen LogP contribution in [0.5, 0.6) is 5.75 Å². The molecule has 0 aliphatic carbocycles. The number of aryl methyl sites for hydroxylation is 1. The zero-order chi connectivity index (χ0) is 15.5. The van der Waals surface area contributed by atoms with Crippen molar-refractivity contribution in [3.8, 4) is 5.75 Å². The van der Waals surface area contributed by atoms with E-state index in [1.54, 1.807) is 12.2 Å². The molecule has 21 heavy (non-hydrogen) atoms. The van der Waals surface area contributed by atoms with Crippen LogP contribution in [-0.4, -0.2) is 17.7 Å². The smallest absolute Gasteiger partial charge is 0.303 e. The van der Waals surface area contributed by atoms with Crippen LogP contribution in [-0.2, 0) is 11.2 Å². The molecule has 0 aromatic heterocycles. The van der Waals surface area contributed by atoms with Gasteiger partial charge in [-0.2, -0.15) is 0 Å². The Labute approximate surface area is 125 Å². The third kappa shape index (κ3) is 6.97. The maximum absolute atomic E-state index is 10.5. The van der Waals surface area contributed by atoms with Crippen molar-refractivity contribution in [2.24, 2.45) is 0 Å². The number of aliphatic carboxylic acids is 1. The van der Waals surface area contributed by atoms with Gasteiger partial charge in [-0.1, -0.05) is 55.7 Å². The van der Waals surface area contributed by atoms with Crippen LogP contribution in [0.1, 0.15) is 12.0 Å². The first-order chi connectivity index (χ1) is 10.2. The van der Waals surface area contributed by atoms with E-state index < -0.39 is 5.97 Å². The van der Waals surface area contributed by atoms with Crippen LogP contribution in [0.3, 0.4) is 0 Å². The Morgan fingerprint density at radius 3 is 2.48 bits per heavy atom. The average Bonchev–Trinajstić information content (AvgIpc) is 2.49. The van der Waals surface area contributed by atoms with Gasteiger partial charge in [-0.3, -0.25) is 4.79 Å². The Morgan fingerprint density at radius 2 is 1.90 bits per heavy atom. The molecule has 3 heteroatoms. The molecule has 0 atom stereocenters. The van der Waals surface area contributed by atoms with Crippen molar-refractivity contribution in [1.29, 1.82) is 0 Å². The molecule has 110 valence electrons. The van der Waals surface area contributed by atoms with Gasteiger partial charge in [0.2, 0.25) is 0 Å². The van der Waals surface area contributed by atoms with E-state index in [-0.39, 0.29) is 6.42 Å². The van der Waals surface area contributed by atoms with Crippen molar-refractivity contribution in [2.45, 2.75) is 12.8 Å². The highest BCUT2D eigenvalue weighted by Gasteiger charge is 2.00. The van der Waals surface area contributed by atoms with Gasteiger partial charge in [-0.05, 0) is 29.7 Å². The fourth-order valence-electron chi connectivity index (χ4n) is 1.67. The van der Waals surface area contributed by atoms with Crippen molar-refractivity contribution in [2.75, 3.05) is 6.61 Å². The largest absolute Gasteiger partial charge is 0.489 e. The fourth-order valence-corrected chi connectivity index (χ4v) is 1.67. The van der Waals surface area contributed by atoms with Gasteiger partial charge < -0.3 is 9.84 Å². The van der Waals surface area contributed by atoms with Gasteiger partial charge in [-0.25, -0.2) is 0 Å². The zero-order valence-electron chi connectivity index (χ0n) is 12.0. The predicted octanol–water partition coefficient (Wildman–Crippen LogP) is 3.94. The SMILES string of the molecule is C=C/C=C\C(=C/C=C)COc1ccc(CCC(=O)O)cc1. The van der Waals surface area contributed by atoms with Gasteiger partial charge in [-0.15, -0.1) is 0 Å². The second-order valence-corrected chi connectivity index (χ2v) is 4.40. The molecule has 0 fully saturated rings. The third-order valence-electron chi connectivity index (χ3n) is 2.73. The van der Waals surface area contributed by atoms with E-state index in [0.717, 1.165) is 16.9 Å². The van der Waals surface area contributed by atoms with E-state index in [2.05, 4.69) is 13.2 Å². The summed E-state index contributed by atoms with van der Waals surface area (Å²) in [5.74, 6) is -0.0421. The minimum absolute atomic E-state index is 0.138. The number of rotatable bonds is 9. The third-order valence-corrected chi connectivity index (χ3v) is 2.73. The number of benzene rings is 1. The molecule has 1 aromatic carbocycles. The molecule has 1 aromatic rings. The first kappa shape index (κ1) is 16.5. The molecule has 0 saturated carbocycles. The van der Waals surface area contributed by atoms with Gasteiger partial charge in [0.25, 0.3) is 0 Å². The maximum Gasteiger partial charge on any atom is 0.303 e. The predicted molar refractivity (Wildman–Crippen MR) is 85.5 cm³/mol. The van der Waals surface area contributed by atoms with Gasteiger partial charge in [0.1, 0.15) is 12.4 Å². The lowest BCUT2D eigenvalue weighted by Crippen LogP contribution is -2.00. The summed E-state index contributed by atoms with van der Waals surface area (Å²) in [4.78, 5) is 10.5. The van der Waals surface area contributed by atoms with Crippen LogP contribution < -0.4 is 4.74 Å². The molecule has 1 rings (SSSR count). The van der Waals surface area contributed by atoms with Crippen molar-refractivity contribution in [3.63, 3.8) is 0 Å². The number of ether oxygens (including phenoxy) is 1. The quantitative estimate of drug-likeness (QED) is 0.699. The molecule has 0 radical (unpaired) electrons. The van der Waals surface area contributed by atoms with E-state index >= 15 is 0 Å². The van der Waals surface area contributed by atoms with Crippen LogP contribution in [0.4, 0.5) is 0 Å². The number of carboxylic acids is 1. The highest BCUT2D eigenvalue weighted by Crippen LogP contribution is 2.14. The van der Waals surface area contributed by atoms with E-state index in [1.165, 1.54) is 0 Å². The summed E-state index contributed by atoms with van der Waals surface area (Å²) < 4.78 is 5.68. The summed E-state index contributed by atoms with van der Waals surface area (Å²) in [5.41, 5.74) is 1.97. The van der Waals surface area contributed by atoms with E-state index in [4.69, 9.17) is 9.84 Å². The Bertz CT molecular complexity index is 536. The first-order valence-corrected chi connectivity index (χ1v) is 6.70. The number of carbonyl (C=O) groups is 1. The van der Waals surface area contributed by atoms with Crippen LogP contribution in [0.2, 0.25) is 0 Å². The average molecular weight is 284 g/mol. The number of hydrogen-bond acceptors (Lipinski definition) is 2. The van der Waals surface area contributed by atoms with Crippen LogP contribution in [0.25, 0.3) is 0 Å². The second-order valence-electron chi connectivity index (χ2n) is 4.40. The molecule has 0 aliphatic rings. The van der Waals surface area contributed by atoms with Gasteiger partial charge in [0.15, 0.2) is 0 Å². The minimum Gasteiger partial charge on any atom is -0.489 e. The molecule has 0 bridgehead atoms.